The Morgan fingerprint density at radius 1 is 0.969 bits per heavy atom. The van der Waals surface area contributed by atoms with Gasteiger partial charge in [0.15, 0.2) is 0 Å². The maximum atomic E-state index is 13.0. The van der Waals surface area contributed by atoms with Gasteiger partial charge in [-0.25, -0.2) is 4.98 Å². The molecule has 32 heavy (non-hydrogen) atoms. The first kappa shape index (κ1) is 21.2. The van der Waals surface area contributed by atoms with Gasteiger partial charge in [0.05, 0.1) is 5.92 Å². The van der Waals surface area contributed by atoms with Gasteiger partial charge in [0.2, 0.25) is 17.7 Å². The summed E-state index contributed by atoms with van der Waals surface area (Å²) in [6.45, 7) is 0.286. The summed E-state index contributed by atoms with van der Waals surface area (Å²) in [7, 11) is 0. The summed E-state index contributed by atoms with van der Waals surface area (Å²) in [4.78, 5) is 44.3. The molecular formula is C25H24N4O3. The minimum atomic E-state index is -0.798. The maximum Gasteiger partial charge on any atom is 0.248 e. The van der Waals surface area contributed by atoms with Crippen LogP contribution in [0.3, 0.4) is 0 Å². The minimum Gasteiger partial charge on any atom is -0.344 e. The van der Waals surface area contributed by atoms with Crippen molar-refractivity contribution in [2.45, 2.75) is 18.9 Å². The number of benzene rings is 2. The van der Waals surface area contributed by atoms with E-state index in [1.807, 2.05) is 60.7 Å². The van der Waals surface area contributed by atoms with Crippen molar-refractivity contribution in [3.05, 3.63) is 90.6 Å². The summed E-state index contributed by atoms with van der Waals surface area (Å²) in [6.07, 6.45) is 2.03. The molecule has 0 bridgehead atoms. The number of pyridine rings is 1. The number of nitrogens with one attached hydrogen (secondary N) is 2. The number of aromatic nitrogens is 1. The smallest absolute Gasteiger partial charge is 0.248 e. The fraction of sp³-hybridized carbons (Fsp3) is 0.200. The molecule has 2 aromatic carbocycles. The van der Waals surface area contributed by atoms with E-state index in [4.69, 9.17) is 0 Å². The first-order valence-electron chi connectivity index (χ1n) is 10.5. The van der Waals surface area contributed by atoms with Crippen LogP contribution in [0.1, 0.15) is 12.0 Å². The summed E-state index contributed by atoms with van der Waals surface area (Å²) >= 11 is 0. The Hall–Kier alpha value is -4.00. The fourth-order valence-electron chi connectivity index (χ4n) is 3.74. The number of rotatable bonds is 7. The van der Waals surface area contributed by atoms with E-state index >= 15 is 0 Å². The average Bonchev–Trinajstić information content (AvgIpc) is 3.22. The molecule has 0 aliphatic carbocycles. The van der Waals surface area contributed by atoms with Crippen molar-refractivity contribution in [1.29, 1.82) is 0 Å². The van der Waals surface area contributed by atoms with Crippen molar-refractivity contribution in [3.63, 3.8) is 0 Å². The van der Waals surface area contributed by atoms with Crippen LogP contribution >= 0.6 is 0 Å². The van der Waals surface area contributed by atoms with E-state index in [2.05, 4.69) is 15.6 Å². The van der Waals surface area contributed by atoms with Crippen molar-refractivity contribution in [1.82, 2.24) is 10.3 Å². The zero-order chi connectivity index (χ0) is 22.3. The molecule has 4 rings (SSSR count). The second-order valence-electron chi connectivity index (χ2n) is 7.70. The van der Waals surface area contributed by atoms with Gasteiger partial charge in [-0.2, -0.15) is 0 Å². The van der Waals surface area contributed by atoms with Gasteiger partial charge in [-0.1, -0.05) is 54.6 Å². The van der Waals surface area contributed by atoms with Gasteiger partial charge in [0.1, 0.15) is 11.9 Å². The first-order valence-corrected chi connectivity index (χ1v) is 10.5. The summed E-state index contributed by atoms with van der Waals surface area (Å²) < 4.78 is 0. The van der Waals surface area contributed by atoms with Crippen LogP contribution < -0.4 is 15.5 Å². The van der Waals surface area contributed by atoms with Crippen molar-refractivity contribution >= 4 is 29.2 Å². The Kier molecular flexibility index (Phi) is 6.55. The Labute approximate surface area is 186 Å². The molecule has 2 atom stereocenters. The molecule has 1 aromatic heterocycles. The highest BCUT2D eigenvalue weighted by Crippen LogP contribution is 2.25. The largest absolute Gasteiger partial charge is 0.344 e. The molecule has 1 aliphatic heterocycles. The summed E-state index contributed by atoms with van der Waals surface area (Å²) in [6, 6.07) is 23.2. The first-order chi connectivity index (χ1) is 15.6. The van der Waals surface area contributed by atoms with Gasteiger partial charge < -0.3 is 15.5 Å². The molecule has 162 valence electrons. The highest BCUT2D eigenvalue weighted by Gasteiger charge is 2.36. The van der Waals surface area contributed by atoms with Gasteiger partial charge in [0.25, 0.3) is 0 Å². The van der Waals surface area contributed by atoms with Gasteiger partial charge in [-0.05, 0) is 29.8 Å². The standard InChI is InChI=1S/C25H24N4O3/c30-23-16-19(17-29(23)20-11-5-2-6-12-20)24(31)27-21(15-18-9-3-1-4-10-18)25(32)28-22-13-7-8-14-26-22/h1-14,19,21H,15-17H2,(H,27,31)(H,26,28,32)/t19-,21-/m1/s1. The van der Waals surface area contributed by atoms with Gasteiger partial charge in [-0.15, -0.1) is 0 Å². The highest BCUT2D eigenvalue weighted by molar-refractivity contribution is 6.02. The third kappa shape index (κ3) is 5.18. The number of anilines is 2. The maximum absolute atomic E-state index is 13.0. The molecule has 3 aromatic rings. The second-order valence-corrected chi connectivity index (χ2v) is 7.70. The summed E-state index contributed by atoms with van der Waals surface area (Å²) in [5.74, 6) is -0.882. The van der Waals surface area contributed by atoms with Crippen LogP contribution in [0.5, 0.6) is 0 Å². The Morgan fingerprint density at radius 3 is 2.34 bits per heavy atom. The lowest BCUT2D eigenvalue weighted by molar-refractivity contribution is -0.129. The summed E-state index contributed by atoms with van der Waals surface area (Å²) in [5.41, 5.74) is 1.68. The molecule has 2 N–H and O–H groups in total. The van der Waals surface area contributed by atoms with Crippen molar-refractivity contribution in [2.24, 2.45) is 5.92 Å². The Bertz CT molecular complexity index is 1070. The average molecular weight is 428 g/mol. The monoisotopic (exact) mass is 428 g/mol. The van der Waals surface area contributed by atoms with Gasteiger partial charge in [-0.3, -0.25) is 14.4 Å². The second kappa shape index (κ2) is 9.87. The van der Waals surface area contributed by atoms with Crippen LogP contribution in [0.2, 0.25) is 0 Å². The molecule has 0 radical (unpaired) electrons. The van der Waals surface area contributed by atoms with E-state index in [1.165, 1.54) is 0 Å². The molecular weight excluding hydrogens is 404 g/mol. The summed E-state index contributed by atoms with van der Waals surface area (Å²) in [5, 5.41) is 5.62. The minimum absolute atomic E-state index is 0.103. The van der Waals surface area contributed by atoms with E-state index in [1.54, 1.807) is 29.3 Å². The predicted octanol–water partition coefficient (Wildman–Crippen LogP) is 2.80. The van der Waals surface area contributed by atoms with Crippen molar-refractivity contribution < 1.29 is 14.4 Å². The van der Waals surface area contributed by atoms with E-state index in [9.17, 15) is 14.4 Å². The lowest BCUT2D eigenvalue weighted by atomic mass is 10.0. The number of para-hydroxylation sites is 1. The van der Waals surface area contributed by atoms with Crippen LogP contribution in [-0.4, -0.2) is 35.3 Å². The molecule has 3 amide bonds. The van der Waals surface area contributed by atoms with E-state index in [0.717, 1.165) is 11.3 Å². The third-order valence-corrected chi connectivity index (χ3v) is 5.40. The van der Waals surface area contributed by atoms with E-state index in [-0.39, 0.29) is 30.7 Å². The number of hydrogen-bond donors (Lipinski definition) is 2. The zero-order valence-corrected chi connectivity index (χ0v) is 17.5. The normalized spacial score (nSPS) is 16.4. The van der Waals surface area contributed by atoms with Crippen LogP contribution in [0, 0.1) is 5.92 Å². The fourth-order valence-corrected chi connectivity index (χ4v) is 3.74. The zero-order valence-electron chi connectivity index (χ0n) is 17.5. The Balaban J connectivity index is 1.47. The van der Waals surface area contributed by atoms with Crippen molar-refractivity contribution in [3.8, 4) is 0 Å². The number of nitrogens with zero attached hydrogens (tertiary/aromatic N) is 2. The topological polar surface area (TPSA) is 91.4 Å². The predicted molar refractivity (Wildman–Crippen MR) is 122 cm³/mol. The number of carbonyl (C=O) groups excluding carboxylic acids is 3. The van der Waals surface area contributed by atoms with Gasteiger partial charge >= 0.3 is 0 Å². The van der Waals surface area contributed by atoms with Crippen LogP contribution in [-0.2, 0) is 20.8 Å². The van der Waals surface area contributed by atoms with E-state index in [0.29, 0.717) is 12.2 Å². The number of amides is 3. The molecule has 7 nitrogen and oxygen atoms in total. The van der Waals surface area contributed by atoms with E-state index < -0.39 is 12.0 Å². The van der Waals surface area contributed by atoms with Gasteiger partial charge in [0, 0.05) is 31.3 Å². The van der Waals surface area contributed by atoms with Crippen LogP contribution in [0.25, 0.3) is 0 Å². The number of hydrogen-bond acceptors (Lipinski definition) is 4. The molecule has 0 saturated carbocycles. The van der Waals surface area contributed by atoms with Crippen LogP contribution in [0.15, 0.2) is 85.1 Å². The highest BCUT2D eigenvalue weighted by atomic mass is 16.2. The lowest BCUT2D eigenvalue weighted by Gasteiger charge is -2.21. The Morgan fingerprint density at radius 2 is 1.66 bits per heavy atom. The molecule has 7 heteroatoms. The molecule has 1 fully saturated rings. The van der Waals surface area contributed by atoms with Crippen molar-refractivity contribution in [2.75, 3.05) is 16.8 Å². The quantitative estimate of drug-likeness (QED) is 0.605. The molecule has 0 spiro atoms. The third-order valence-electron chi connectivity index (χ3n) is 5.40. The lowest BCUT2D eigenvalue weighted by Crippen LogP contribution is -2.47. The number of carbonyl (C=O) groups is 3. The SMILES string of the molecule is O=C(N[C@H](Cc1ccccc1)C(=O)Nc1ccccn1)[C@@H]1CC(=O)N(c2ccccc2)C1. The molecule has 1 saturated heterocycles. The molecule has 0 unspecified atom stereocenters. The molecule has 2 heterocycles. The van der Waals surface area contributed by atoms with Crippen LogP contribution in [0.4, 0.5) is 11.5 Å². The molecule has 1 aliphatic rings.